The molecular weight excluding hydrogens is 749 g/mol. The molecule has 0 amide bonds. The highest BCUT2D eigenvalue weighted by atomic mass is 15.1. The van der Waals surface area contributed by atoms with Crippen molar-refractivity contribution in [2.24, 2.45) is 0 Å². The van der Waals surface area contributed by atoms with E-state index in [4.69, 9.17) is 0 Å². The van der Waals surface area contributed by atoms with E-state index in [9.17, 15) is 0 Å². The van der Waals surface area contributed by atoms with E-state index >= 15 is 0 Å². The maximum Gasteiger partial charge on any atom is 0.0544 e. The molecule has 2 aliphatic rings. The maximum absolute atomic E-state index is 2.47. The molecule has 2 nitrogen and oxygen atoms in total. The quantitative estimate of drug-likeness (QED) is 0.146. The molecule has 0 N–H and O–H groups in total. The first-order chi connectivity index (χ1) is 30.1. The fourth-order valence-electron chi connectivity index (χ4n) is 10.6. The van der Waals surface area contributed by atoms with Crippen LogP contribution in [0.1, 0.15) is 69.4 Å². The zero-order valence-corrected chi connectivity index (χ0v) is 36.4. The summed E-state index contributed by atoms with van der Waals surface area (Å²) >= 11 is 0. The molecule has 0 fully saturated rings. The molecular formula is C60H50N2. The van der Waals surface area contributed by atoms with Gasteiger partial charge in [-0.25, -0.2) is 0 Å². The lowest BCUT2D eigenvalue weighted by Crippen LogP contribution is -2.16. The van der Waals surface area contributed by atoms with Crippen LogP contribution in [0.3, 0.4) is 0 Å². The van der Waals surface area contributed by atoms with Crippen LogP contribution in [-0.4, -0.2) is 4.57 Å². The number of para-hydroxylation sites is 1. The Hall–Kier alpha value is -7.16. The Bertz CT molecular complexity index is 3300. The van der Waals surface area contributed by atoms with E-state index in [0.717, 1.165) is 11.4 Å². The van der Waals surface area contributed by atoms with E-state index in [1.165, 1.54) is 100.0 Å². The number of benzene rings is 8. The largest absolute Gasteiger partial charge is 0.310 e. The Labute approximate surface area is 365 Å². The van der Waals surface area contributed by atoms with Crippen LogP contribution in [0.2, 0.25) is 0 Å². The summed E-state index contributed by atoms with van der Waals surface area (Å²) in [6, 6.07) is 65.8. The van der Waals surface area contributed by atoms with Crippen LogP contribution >= 0.6 is 0 Å². The molecule has 0 radical (unpaired) electrons. The normalized spacial score (nSPS) is 14.6. The Morgan fingerprint density at radius 3 is 1.92 bits per heavy atom. The predicted octanol–water partition coefficient (Wildman–Crippen LogP) is 16.5. The molecule has 1 aromatic heterocycles. The van der Waals surface area contributed by atoms with Crippen LogP contribution in [0.25, 0.3) is 66.4 Å². The van der Waals surface area contributed by atoms with Gasteiger partial charge in [-0.2, -0.15) is 0 Å². The Morgan fingerprint density at radius 2 is 1.15 bits per heavy atom. The topological polar surface area (TPSA) is 8.17 Å². The number of nitrogens with zero attached hydrogens (tertiary/aromatic N) is 2. The summed E-state index contributed by atoms with van der Waals surface area (Å²) in [6.45, 7) is 13.7. The lowest BCUT2D eigenvalue weighted by molar-refractivity contribution is 0.660. The highest BCUT2D eigenvalue weighted by Crippen LogP contribution is 2.55. The summed E-state index contributed by atoms with van der Waals surface area (Å²) in [4.78, 5) is 2.47. The predicted molar refractivity (Wildman–Crippen MR) is 264 cm³/mol. The van der Waals surface area contributed by atoms with Gasteiger partial charge in [0.25, 0.3) is 0 Å². The molecule has 2 heteroatoms. The van der Waals surface area contributed by atoms with Gasteiger partial charge in [-0.15, -0.1) is 0 Å². The first kappa shape index (κ1) is 37.8. The van der Waals surface area contributed by atoms with Crippen molar-refractivity contribution in [3.8, 4) is 39.1 Å². The highest BCUT2D eigenvalue weighted by Gasteiger charge is 2.38. The molecule has 0 saturated carbocycles. The molecule has 2 aliphatic carbocycles. The molecule has 11 rings (SSSR count). The molecule has 0 spiro atoms. The number of allylic oxidation sites excluding steroid dienone is 4. The zero-order valence-electron chi connectivity index (χ0n) is 36.4. The summed E-state index contributed by atoms with van der Waals surface area (Å²) in [5.74, 6) is 0. The average molecular weight is 799 g/mol. The molecule has 0 saturated heterocycles. The molecule has 9 aromatic rings. The molecule has 62 heavy (non-hydrogen) atoms. The number of hydrogen-bond donors (Lipinski definition) is 0. The fourth-order valence-corrected chi connectivity index (χ4v) is 10.6. The van der Waals surface area contributed by atoms with E-state index in [2.05, 4.69) is 245 Å². The Kier molecular flexibility index (Phi) is 8.67. The highest BCUT2D eigenvalue weighted by molar-refractivity contribution is 6.13. The third-order valence-corrected chi connectivity index (χ3v) is 13.9. The third-order valence-electron chi connectivity index (χ3n) is 13.9. The second-order valence-electron chi connectivity index (χ2n) is 18.2. The minimum absolute atomic E-state index is 0.0888. The van der Waals surface area contributed by atoms with Crippen molar-refractivity contribution in [1.29, 1.82) is 0 Å². The van der Waals surface area contributed by atoms with Crippen molar-refractivity contribution in [2.75, 3.05) is 4.90 Å². The van der Waals surface area contributed by atoms with Crippen LogP contribution < -0.4 is 4.90 Å². The van der Waals surface area contributed by atoms with Crippen molar-refractivity contribution in [3.05, 3.63) is 222 Å². The van der Waals surface area contributed by atoms with Gasteiger partial charge in [0.15, 0.2) is 0 Å². The van der Waals surface area contributed by atoms with E-state index in [1.54, 1.807) is 0 Å². The van der Waals surface area contributed by atoms with Gasteiger partial charge in [0.05, 0.1) is 16.7 Å². The smallest absolute Gasteiger partial charge is 0.0544 e. The number of anilines is 3. The van der Waals surface area contributed by atoms with Crippen LogP contribution in [-0.2, 0) is 10.8 Å². The first-order valence-corrected chi connectivity index (χ1v) is 22.0. The van der Waals surface area contributed by atoms with Gasteiger partial charge in [-0.1, -0.05) is 155 Å². The van der Waals surface area contributed by atoms with Crippen molar-refractivity contribution >= 4 is 44.4 Å². The Balaban J connectivity index is 1.10. The average Bonchev–Trinajstić information content (AvgIpc) is 3.84. The fraction of sp³-hybridized carbons (Fsp3) is 0.133. The van der Waals surface area contributed by atoms with Gasteiger partial charge in [0.1, 0.15) is 0 Å². The number of rotatable bonds is 7. The molecule has 0 atom stereocenters. The summed E-state index contributed by atoms with van der Waals surface area (Å²) in [5, 5.41) is 2.53. The van der Waals surface area contributed by atoms with Gasteiger partial charge >= 0.3 is 0 Å². The van der Waals surface area contributed by atoms with Gasteiger partial charge in [-0.05, 0) is 142 Å². The number of fused-ring (bicyclic) bond motifs is 9. The second kappa shape index (κ2) is 14.2. The van der Waals surface area contributed by atoms with Crippen LogP contribution in [0.15, 0.2) is 194 Å². The van der Waals surface area contributed by atoms with Gasteiger partial charge in [0, 0.05) is 44.2 Å². The van der Waals surface area contributed by atoms with Crippen molar-refractivity contribution in [3.63, 3.8) is 0 Å². The van der Waals surface area contributed by atoms with Gasteiger partial charge in [-0.3, -0.25) is 0 Å². The molecule has 0 aliphatic heterocycles. The monoisotopic (exact) mass is 798 g/mol. The van der Waals surface area contributed by atoms with E-state index in [-0.39, 0.29) is 10.8 Å². The summed E-state index contributed by atoms with van der Waals surface area (Å²) in [5.41, 5.74) is 22.5. The minimum atomic E-state index is -0.111. The number of hydrogen-bond acceptors (Lipinski definition) is 1. The Morgan fingerprint density at radius 1 is 0.500 bits per heavy atom. The molecule has 0 unspecified atom stereocenters. The summed E-state index contributed by atoms with van der Waals surface area (Å²) in [6.07, 6.45) is 6.36. The molecule has 0 bridgehead atoms. The lowest BCUT2D eigenvalue weighted by Gasteiger charge is -2.29. The van der Waals surface area contributed by atoms with Crippen LogP contribution in [0.5, 0.6) is 0 Å². The number of aromatic nitrogens is 1. The van der Waals surface area contributed by atoms with Crippen molar-refractivity contribution < 1.29 is 0 Å². The van der Waals surface area contributed by atoms with Crippen LogP contribution in [0.4, 0.5) is 17.1 Å². The molecule has 300 valence electrons. The summed E-state index contributed by atoms with van der Waals surface area (Å²) in [7, 11) is 0. The van der Waals surface area contributed by atoms with Crippen molar-refractivity contribution in [1.82, 2.24) is 4.57 Å². The van der Waals surface area contributed by atoms with E-state index in [0.29, 0.717) is 0 Å². The third kappa shape index (κ3) is 5.70. The minimum Gasteiger partial charge on any atom is -0.310 e. The SMILES string of the molecule is C/C=C\C=C(/C)c1ccc(N(c2cccc(-c3ccc4c(c3)c3cc5c(cc3n4-c3ccccc3)C(C)(C)c3ccccc3-5)c2)c2cccc3c2-c2ccccc2C3(C)C)cc1. The molecule has 1 heterocycles. The molecule has 8 aromatic carbocycles. The van der Waals surface area contributed by atoms with Gasteiger partial charge in [0.2, 0.25) is 0 Å². The second-order valence-corrected chi connectivity index (χ2v) is 18.2. The van der Waals surface area contributed by atoms with E-state index in [1.807, 2.05) is 0 Å². The zero-order chi connectivity index (χ0) is 42.3. The standard InChI is InChI=1S/C60H50N2/c1-7-8-18-39(2)40-29-32-44(33-30-40)61(56-28-17-27-53-58(56)47-24-13-15-26-52(47)59(53,3)4)45-22-16-19-41(35-45)42-31-34-55-49(36-42)50-37-48-46-23-12-14-25-51(46)60(5,6)54(48)38-57(50)62(55)43-20-10-9-11-21-43/h7-38H,1-6H3/b8-7-,39-18+. The summed E-state index contributed by atoms with van der Waals surface area (Å²) < 4.78 is 2.46. The van der Waals surface area contributed by atoms with Crippen LogP contribution in [0, 0.1) is 0 Å². The first-order valence-electron chi connectivity index (χ1n) is 22.0. The lowest BCUT2D eigenvalue weighted by atomic mass is 9.82. The van der Waals surface area contributed by atoms with Gasteiger partial charge < -0.3 is 9.47 Å². The maximum atomic E-state index is 2.47. The van der Waals surface area contributed by atoms with Crippen molar-refractivity contribution in [2.45, 2.75) is 52.4 Å². The van der Waals surface area contributed by atoms with E-state index < -0.39 is 0 Å².